The molecule has 1 aromatic carbocycles. The van der Waals surface area contributed by atoms with Crippen molar-refractivity contribution in [1.29, 1.82) is 0 Å². The molecule has 0 saturated heterocycles. The van der Waals surface area contributed by atoms with Crippen LogP contribution < -0.4 is 14.8 Å². The molecule has 0 fully saturated rings. The van der Waals surface area contributed by atoms with Gasteiger partial charge in [-0.2, -0.15) is 0 Å². The third-order valence-electron chi connectivity index (χ3n) is 4.04. The molecule has 0 bridgehead atoms. The van der Waals surface area contributed by atoms with E-state index in [1.807, 2.05) is 0 Å². The maximum Gasteiger partial charge on any atom is 0.513 e. The van der Waals surface area contributed by atoms with Crippen LogP contribution in [-0.4, -0.2) is 62.3 Å². The van der Waals surface area contributed by atoms with Crippen LogP contribution in [0.15, 0.2) is 18.2 Å². The van der Waals surface area contributed by atoms with Crippen molar-refractivity contribution in [2.45, 2.75) is 46.3 Å². The average Bonchev–Trinajstić information content (AvgIpc) is 2.71. The molecule has 32 heavy (non-hydrogen) atoms. The van der Waals surface area contributed by atoms with E-state index in [2.05, 4.69) is 14.8 Å². The Bertz CT molecular complexity index is 830. The van der Waals surface area contributed by atoms with Crippen LogP contribution in [0.5, 0.6) is 11.5 Å². The van der Waals surface area contributed by atoms with Gasteiger partial charge in [-0.05, 0) is 51.8 Å². The Kier molecular flexibility index (Phi) is 9.92. The summed E-state index contributed by atoms with van der Waals surface area (Å²) in [6.07, 6.45) is -2.65. The molecule has 0 aliphatic heterocycles. The number of nitrogens with one attached hydrogen (secondary N) is 1. The zero-order chi connectivity index (χ0) is 24.5. The summed E-state index contributed by atoms with van der Waals surface area (Å²) in [6.45, 7) is 6.91. The van der Waals surface area contributed by atoms with E-state index in [9.17, 15) is 24.3 Å². The number of esters is 1. The van der Waals surface area contributed by atoms with Crippen molar-refractivity contribution < 1.29 is 48.0 Å². The van der Waals surface area contributed by atoms with Gasteiger partial charge in [-0.1, -0.05) is 6.07 Å². The van der Waals surface area contributed by atoms with Gasteiger partial charge in [0.2, 0.25) is 0 Å². The van der Waals surface area contributed by atoms with Crippen molar-refractivity contribution in [2.75, 3.05) is 20.8 Å². The fourth-order valence-electron chi connectivity index (χ4n) is 2.30. The highest BCUT2D eigenvalue weighted by Crippen LogP contribution is 2.30. The number of carbonyl (C=O) groups excluding carboxylic acids is 3. The molecule has 0 amide bonds. The monoisotopic (exact) mass is 455 g/mol. The van der Waals surface area contributed by atoms with Gasteiger partial charge in [-0.25, -0.2) is 9.59 Å². The van der Waals surface area contributed by atoms with Crippen LogP contribution in [0.3, 0.4) is 0 Å². The molecular formula is C21H29NO10. The first-order valence-electron chi connectivity index (χ1n) is 9.69. The number of ether oxygens (including phenoxy) is 5. The molecule has 0 spiro atoms. The average molecular weight is 455 g/mol. The maximum absolute atomic E-state index is 12.0. The molecule has 1 aromatic rings. The van der Waals surface area contributed by atoms with E-state index in [0.29, 0.717) is 5.56 Å². The van der Waals surface area contributed by atoms with Gasteiger partial charge in [0.05, 0.1) is 19.6 Å². The highest BCUT2D eigenvalue weighted by atomic mass is 16.7. The summed E-state index contributed by atoms with van der Waals surface area (Å²) >= 11 is 0. The number of carboxylic acid groups (broad SMARTS) is 1. The summed E-state index contributed by atoms with van der Waals surface area (Å²) in [7, 11) is 2.21. The molecule has 0 aliphatic rings. The van der Waals surface area contributed by atoms with Crippen LogP contribution in [0.1, 0.15) is 33.3 Å². The summed E-state index contributed by atoms with van der Waals surface area (Å²) in [5, 5.41) is 12.4. The first kappa shape index (κ1) is 26.7. The second kappa shape index (κ2) is 11.9. The summed E-state index contributed by atoms with van der Waals surface area (Å²) < 4.78 is 24.1. The molecule has 0 saturated carbocycles. The van der Waals surface area contributed by atoms with Crippen molar-refractivity contribution in [3.63, 3.8) is 0 Å². The summed E-state index contributed by atoms with van der Waals surface area (Å²) in [5.41, 5.74) is -0.217. The van der Waals surface area contributed by atoms with Crippen LogP contribution in [0, 0.1) is 5.41 Å². The highest BCUT2D eigenvalue weighted by Gasteiger charge is 2.26. The van der Waals surface area contributed by atoms with E-state index >= 15 is 0 Å². The van der Waals surface area contributed by atoms with Gasteiger partial charge >= 0.3 is 24.2 Å². The lowest BCUT2D eigenvalue weighted by molar-refractivity contribution is -0.157. The van der Waals surface area contributed by atoms with Gasteiger partial charge in [0.1, 0.15) is 12.1 Å². The number of methoxy groups -OCH3 is 2. The van der Waals surface area contributed by atoms with E-state index in [-0.39, 0.29) is 24.5 Å². The Labute approximate surface area is 185 Å². The first-order valence-corrected chi connectivity index (χ1v) is 9.69. The molecule has 2 atom stereocenters. The number of rotatable bonds is 9. The second-order valence-corrected chi connectivity index (χ2v) is 7.86. The van der Waals surface area contributed by atoms with Crippen molar-refractivity contribution in [1.82, 2.24) is 5.32 Å². The minimum Gasteiger partial charge on any atom is -0.480 e. The predicted octanol–water partition coefficient (Wildman–Crippen LogP) is 2.54. The van der Waals surface area contributed by atoms with E-state index in [4.69, 9.17) is 14.2 Å². The SMILES string of the molecule is COC(=O)Oc1ccc(C[C@H](NCC(C)OC(=O)C(C)(C)C)C(=O)O)cc1OC(=O)OC. The number of hydrogen-bond acceptors (Lipinski definition) is 10. The normalized spacial score (nSPS) is 12.8. The maximum atomic E-state index is 12.0. The molecule has 1 unspecified atom stereocenters. The number of hydrogen-bond donors (Lipinski definition) is 2. The molecular weight excluding hydrogens is 426 g/mol. The molecule has 2 N–H and O–H groups in total. The Hall–Kier alpha value is -3.34. The van der Waals surface area contributed by atoms with Crippen LogP contribution in [0.2, 0.25) is 0 Å². The van der Waals surface area contributed by atoms with Crippen LogP contribution in [0.25, 0.3) is 0 Å². The number of carboxylic acids is 1. The molecule has 11 nitrogen and oxygen atoms in total. The minimum atomic E-state index is -1.13. The lowest BCUT2D eigenvalue weighted by atomic mass is 9.97. The molecule has 0 aliphatic carbocycles. The topological polar surface area (TPSA) is 147 Å². The van der Waals surface area contributed by atoms with Gasteiger partial charge in [-0.15, -0.1) is 0 Å². The zero-order valence-corrected chi connectivity index (χ0v) is 18.9. The molecule has 178 valence electrons. The Morgan fingerprint density at radius 2 is 1.56 bits per heavy atom. The van der Waals surface area contributed by atoms with Crippen molar-refractivity contribution in [2.24, 2.45) is 5.41 Å². The van der Waals surface area contributed by atoms with Gasteiger partial charge in [0, 0.05) is 6.54 Å². The largest absolute Gasteiger partial charge is 0.513 e. The second-order valence-electron chi connectivity index (χ2n) is 7.86. The Morgan fingerprint density at radius 3 is 2.06 bits per heavy atom. The third kappa shape index (κ3) is 8.80. The van der Waals surface area contributed by atoms with Gasteiger partial charge in [0.15, 0.2) is 11.5 Å². The van der Waals surface area contributed by atoms with Gasteiger partial charge < -0.3 is 34.1 Å². The quantitative estimate of drug-likeness (QED) is 0.321. The zero-order valence-electron chi connectivity index (χ0n) is 18.9. The van der Waals surface area contributed by atoms with E-state index < -0.39 is 41.8 Å². The molecule has 0 radical (unpaired) electrons. The van der Waals surface area contributed by atoms with Crippen molar-refractivity contribution in [3.8, 4) is 11.5 Å². The molecule has 11 heteroatoms. The highest BCUT2D eigenvalue weighted by molar-refractivity contribution is 5.76. The number of benzene rings is 1. The van der Waals surface area contributed by atoms with Crippen LogP contribution in [0.4, 0.5) is 9.59 Å². The van der Waals surface area contributed by atoms with E-state index in [1.54, 1.807) is 27.7 Å². The fraction of sp³-hybridized carbons (Fsp3) is 0.524. The lowest BCUT2D eigenvalue weighted by Gasteiger charge is -2.23. The number of aliphatic carboxylic acids is 1. The first-order chi connectivity index (χ1) is 14.9. The predicted molar refractivity (Wildman–Crippen MR) is 111 cm³/mol. The molecule has 0 heterocycles. The smallest absolute Gasteiger partial charge is 0.480 e. The fourth-order valence-corrected chi connectivity index (χ4v) is 2.30. The van der Waals surface area contributed by atoms with Crippen molar-refractivity contribution in [3.05, 3.63) is 23.8 Å². The van der Waals surface area contributed by atoms with Gasteiger partial charge in [-0.3, -0.25) is 9.59 Å². The lowest BCUT2D eigenvalue weighted by Crippen LogP contribution is -2.43. The van der Waals surface area contributed by atoms with E-state index in [1.165, 1.54) is 18.2 Å². The summed E-state index contributed by atoms with van der Waals surface area (Å²) in [6, 6.07) is 3.14. The van der Waals surface area contributed by atoms with E-state index in [0.717, 1.165) is 14.2 Å². The van der Waals surface area contributed by atoms with Gasteiger partial charge in [0.25, 0.3) is 0 Å². The van der Waals surface area contributed by atoms with Crippen molar-refractivity contribution >= 4 is 24.2 Å². The Morgan fingerprint density at radius 1 is 1.00 bits per heavy atom. The van der Waals surface area contributed by atoms with Crippen LogP contribution >= 0.6 is 0 Å². The summed E-state index contributed by atoms with van der Waals surface area (Å²) in [5.74, 6) is -1.81. The third-order valence-corrected chi connectivity index (χ3v) is 4.04. The standard InChI is InChI=1S/C21H29NO10/c1-12(30-18(25)21(2,3)4)11-22-14(17(23)24)9-13-7-8-15(31-19(26)28-5)16(10-13)32-20(27)29-6/h7-8,10,12,14,22H,9,11H2,1-6H3,(H,23,24)/t12?,14-/m0/s1. The Balaban J connectivity index is 2.93. The summed E-state index contributed by atoms with van der Waals surface area (Å²) in [4.78, 5) is 46.5. The number of carbonyl (C=O) groups is 4. The minimum absolute atomic E-state index is 0.00862. The molecule has 1 rings (SSSR count). The van der Waals surface area contributed by atoms with Crippen LogP contribution in [-0.2, 0) is 30.2 Å². The molecule has 0 aromatic heterocycles.